The molecule has 3 nitrogen and oxygen atoms in total. The van der Waals surface area contributed by atoms with Gasteiger partial charge in [-0.1, -0.05) is 6.07 Å². The van der Waals surface area contributed by atoms with Gasteiger partial charge in [-0.05, 0) is 31.5 Å². The molecule has 1 N–H and O–H groups in total. The van der Waals surface area contributed by atoms with Gasteiger partial charge in [-0.2, -0.15) is 13.2 Å². The zero-order valence-electron chi connectivity index (χ0n) is 10.0. The molecule has 18 heavy (non-hydrogen) atoms. The van der Waals surface area contributed by atoms with Crippen LogP contribution in [-0.2, 0) is 16.5 Å². The lowest BCUT2D eigenvalue weighted by atomic mass is 9.83. The monoisotopic (exact) mass is 260 g/mol. The number of nitrogens with zero attached hydrogens (tertiary/aromatic N) is 1. The third-order valence-corrected chi connectivity index (χ3v) is 3.43. The van der Waals surface area contributed by atoms with Crippen LogP contribution in [0.1, 0.15) is 24.1 Å². The summed E-state index contributed by atoms with van der Waals surface area (Å²) in [5.74, 6) is 0. The summed E-state index contributed by atoms with van der Waals surface area (Å²) in [6.07, 6.45) is -1.61. The highest BCUT2D eigenvalue weighted by atomic mass is 19.4. The zero-order valence-corrected chi connectivity index (χ0v) is 10.0. The van der Waals surface area contributed by atoms with E-state index in [0.29, 0.717) is 13.2 Å². The summed E-state index contributed by atoms with van der Waals surface area (Å²) in [6, 6.07) is 2.53. The maximum atomic E-state index is 12.4. The van der Waals surface area contributed by atoms with Crippen molar-refractivity contribution in [2.24, 2.45) is 0 Å². The number of hydrogen-bond donors (Lipinski definition) is 1. The van der Waals surface area contributed by atoms with Crippen LogP contribution < -0.4 is 5.32 Å². The van der Waals surface area contributed by atoms with E-state index in [9.17, 15) is 13.2 Å². The fourth-order valence-corrected chi connectivity index (χ4v) is 2.25. The lowest BCUT2D eigenvalue weighted by Crippen LogP contribution is -2.44. The second-order valence-corrected chi connectivity index (χ2v) is 4.37. The number of nitrogens with one attached hydrogen (secondary N) is 1. The van der Waals surface area contributed by atoms with Gasteiger partial charge in [0.1, 0.15) is 5.69 Å². The third-order valence-electron chi connectivity index (χ3n) is 3.43. The molecule has 2 rings (SSSR count). The Balaban J connectivity index is 2.27. The summed E-state index contributed by atoms with van der Waals surface area (Å²) >= 11 is 0. The van der Waals surface area contributed by atoms with Gasteiger partial charge in [0.05, 0.1) is 0 Å². The second kappa shape index (κ2) is 4.85. The molecule has 0 radical (unpaired) electrons. The molecule has 0 aliphatic carbocycles. The Morgan fingerprint density at radius 3 is 2.39 bits per heavy atom. The molecule has 0 saturated carbocycles. The fourth-order valence-electron chi connectivity index (χ4n) is 2.25. The summed E-state index contributed by atoms with van der Waals surface area (Å²) in [7, 11) is 1.81. The van der Waals surface area contributed by atoms with Crippen LogP contribution in [0, 0.1) is 0 Å². The Labute approximate surface area is 103 Å². The molecule has 6 heteroatoms. The molecule has 0 unspecified atom stereocenters. The van der Waals surface area contributed by atoms with Gasteiger partial charge in [-0.15, -0.1) is 0 Å². The van der Waals surface area contributed by atoms with E-state index in [2.05, 4.69) is 10.3 Å². The molecule has 1 aromatic heterocycles. The molecule has 1 aliphatic heterocycles. The molecular weight excluding hydrogens is 245 g/mol. The van der Waals surface area contributed by atoms with E-state index in [4.69, 9.17) is 4.74 Å². The van der Waals surface area contributed by atoms with Crippen molar-refractivity contribution in [1.82, 2.24) is 10.3 Å². The van der Waals surface area contributed by atoms with Crippen molar-refractivity contribution in [2.45, 2.75) is 24.6 Å². The van der Waals surface area contributed by atoms with Gasteiger partial charge in [0, 0.05) is 24.9 Å². The van der Waals surface area contributed by atoms with Crippen molar-refractivity contribution in [3.05, 3.63) is 29.6 Å². The number of ether oxygens (including phenoxy) is 1. The summed E-state index contributed by atoms with van der Waals surface area (Å²) in [6.45, 7) is 1.20. The molecule has 1 saturated heterocycles. The molecule has 0 aromatic carbocycles. The Bertz CT molecular complexity index is 397. The van der Waals surface area contributed by atoms with Crippen LogP contribution in [0.2, 0.25) is 0 Å². The van der Waals surface area contributed by atoms with E-state index >= 15 is 0 Å². The van der Waals surface area contributed by atoms with Crippen molar-refractivity contribution < 1.29 is 17.9 Å². The third kappa shape index (κ3) is 2.49. The van der Waals surface area contributed by atoms with Crippen LogP contribution in [0.4, 0.5) is 13.2 Å². The quantitative estimate of drug-likeness (QED) is 0.886. The van der Waals surface area contributed by atoms with Gasteiger partial charge in [-0.25, -0.2) is 0 Å². The van der Waals surface area contributed by atoms with Crippen molar-refractivity contribution >= 4 is 0 Å². The van der Waals surface area contributed by atoms with Crippen LogP contribution >= 0.6 is 0 Å². The van der Waals surface area contributed by atoms with E-state index in [-0.39, 0.29) is 5.54 Å². The zero-order chi connectivity index (χ0) is 13.2. The van der Waals surface area contributed by atoms with Crippen LogP contribution in [0.15, 0.2) is 18.3 Å². The minimum Gasteiger partial charge on any atom is -0.381 e. The summed E-state index contributed by atoms with van der Waals surface area (Å²) < 4.78 is 42.6. The predicted octanol–water partition coefficient (Wildman–Crippen LogP) is 2.33. The van der Waals surface area contributed by atoms with Crippen LogP contribution in [0.25, 0.3) is 0 Å². The van der Waals surface area contributed by atoms with Crippen molar-refractivity contribution in [2.75, 3.05) is 20.3 Å². The van der Waals surface area contributed by atoms with Crippen molar-refractivity contribution in [3.63, 3.8) is 0 Å². The first-order valence-electron chi connectivity index (χ1n) is 5.78. The minimum atomic E-state index is -4.39. The Kier molecular flexibility index (Phi) is 3.59. The highest BCUT2D eigenvalue weighted by Crippen LogP contribution is 2.33. The van der Waals surface area contributed by atoms with Gasteiger partial charge >= 0.3 is 6.18 Å². The largest absolute Gasteiger partial charge is 0.433 e. The van der Waals surface area contributed by atoms with Gasteiger partial charge in [0.15, 0.2) is 0 Å². The number of rotatable bonds is 2. The van der Waals surface area contributed by atoms with Crippen LogP contribution in [0.3, 0.4) is 0 Å². The van der Waals surface area contributed by atoms with Gasteiger partial charge in [0.25, 0.3) is 0 Å². The number of halogens is 3. The molecule has 2 heterocycles. The van der Waals surface area contributed by atoms with E-state index in [1.807, 2.05) is 7.05 Å². The highest BCUT2D eigenvalue weighted by molar-refractivity contribution is 5.24. The highest BCUT2D eigenvalue weighted by Gasteiger charge is 2.35. The van der Waals surface area contributed by atoms with Crippen molar-refractivity contribution in [3.8, 4) is 0 Å². The van der Waals surface area contributed by atoms with E-state index in [1.54, 1.807) is 0 Å². The van der Waals surface area contributed by atoms with E-state index in [0.717, 1.165) is 24.5 Å². The number of aromatic nitrogens is 1. The number of alkyl halides is 3. The Morgan fingerprint density at radius 2 is 1.94 bits per heavy atom. The average molecular weight is 260 g/mol. The Hall–Kier alpha value is -1.14. The molecule has 0 bridgehead atoms. The normalized spacial score (nSPS) is 19.8. The molecule has 100 valence electrons. The first-order chi connectivity index (χ1) is 8.48. The number of hydrogen-bond acceptors (Lipinski definition) is 3. The summed E-state index contributed by atoms with van der Waals surface area (Å²) in [4.78, 5) is 3.51. The van der Waals surface area contributed by atoms with E-state index in [1.165, 1.54) is 12.3 Å². The molecule has 0 spiro atoms. The maximum Gasteiger partial charge on any atom is 0.433 e. The number of pyridine rings is 1. The summed E-state index contributed by atoms with van der Waals surface area (Å²) in [5.41, 5.74) is -0.402. The van der Waals surface area contributed by atoms with Crippen LogP contribution in [-0.4, -0.2) is 25.2 Å². The molecular formula is C12H15F3N2O. The van der Waals surface area contributed by atoms with Gasteiger partial charge < -0.3 is 10.1 Å². The first-order valence-corrected chi connectivity index (χ1v) is 5.78. The minimum absolute atomic E-state index is 0.324. The Morgan fingerprint density at radius 1 is 1.28 bits per heavy atom. The standard InChI is InChI=1S/C12H15F3N2O/c1-16-11(4-6-18-7-5-11)9-2-3-10(17-8-9)12(13,14)15/h2-3,8,16H,4-7H2,1H3. The lowest BCUT2D eigenvalue weighted by Gasteiger charge is -2.37. The SMILES string of the molecule is CNC1(c2ccc(C(F)(F)F)nc2)CCOCC1. The molecule has 0 atom stereocenters. The van der Waals surface area contributed by atoms with Gasteiger partial charge in [-0.3, -0.25) is 4.98 Å². The summed E-state index contributed by atoms with van der Waals surface area (Å²) in [5, 5.41) is 3.19. The second-order valence-electron chi connectivity index (χ2n) is 4.37. The molecule has 1 fully saturated rings. The smallest absolute Gasteiger partial charge is 0.381 e. The van der Waals surface area contributed by atoms with Gasteiger partial charge in [0.2, 0.25) is 0 Å². The molecule has 1 aliphatic rings. The topological polar surface area (TPSA) is 34.2 Å². The van der Waals surface area contributed by atoms with E-state index < -0.39 is 11.9 Å². The maximum absolute atomic E-state index is 12.4. The predicted molar refractivity (Wildman–Crippen MR) is 60.0 cm³/mol. The lowest BCUT2D eigenvalue weighted by molar-refractivity contribution is -0.141. The molecule has 0 amide bonds. The first kappa shape index (κ1) is 13.3. The fraction of sp³-hybridized carbons (Fsp3) is 0.583. The van der Waals surface area contributed by atoms with Crippen LogP contribution in [0.5, 0.6) is 0 Å². The molecule has 1 aromatic rings. The average Bonchev–Trinajstić information content (AvgIpc) is 2.39. The van der Waals surface area contributed by atoms with Crippen molar-refractivity contribution in [1.29, 1.82) is 0 Å².